The van der Waals surface area contributed by atoms with Crippen LogP contribution in [0.25, 0.3) is 0 Å². The van der Waals surface area contributed by atoms with Gasteiger partial charge in [-0.25, -0.2) is 4.79 Å². The molecule has 29 heavy (non-hydrogen) atoms. The molecule has 0 atom stereocenters. The van der Waals surface area contributed by atoms with Gasteiger partial charge in [0.05, 0.1) is 0 Å². The fourth-order valence-corrected chi connectivity index (χ4v) is 6.24. The van der Waals surface area contributed by atoms with Gasteiger partial charge >= 0.3 is 5.97 Å². The second kappa shape index (κ2) is 8.25. The van der Waals surface area contributed by atoms with Crippen LogP contribution in [0.15, 0.2) is 130 Å². The number of carbonyl (C=O) groups is 1. The summed E-state index contributed by atoms with van der Waals surface area (Å²) in [6, 6.07) is 35.8. The van der Waals surface area contributed by atoms with E-state index in [1.807, 2.05) is 91.0 Å². The molecule has 4 aromatic rings. The largest absolute Gasteiger partial charge is 0.507 e. The molecule has 3 nitrogen and oxygen atoms in total. The highest BCUT2D eigenvalue weighted by Gasteiger charge is 2.36. The van der Waals surface area contributed by atoms with Crippen LogP contribution in [-0.2, 0) is 4.18 Å². The van der Waals surface area contributed by atoms with Gasteiger partial charge in [0.1, 0.15) is 11.3 Å². The van der Waals surface area contributed by atoms with Gasteiger partial charge in [-0.2, -0.15) is 0 Å². The highest BCUT2D eigenvalue weighted by molar-refractivity contribution is 8.30. The number of para-hydroxylation sites is 1. The Balaban J connectivity index is 1.95. The summed E-state index contributed by atoms with van der Waals surface area (Å²) in [6.07, 6.45) is 0. The third-order valence-electron chi connectivity index (χ3n) is 4.55. The highest BCUT2D eigenvalue weighted by atomic mass is 32.3. The van der Waals surface area contributed by atoms with Crippen LogP contribution in [0.3, 0.4) is 0 Å². The number of hydrogen-bond donors (Lipinski definition) is 1. The highest BCUT2D eigenvalue weighted by Crippen LogP contribution is 2.69. The maximum absolute atomic E-state index is 13.2. The van der Waals surface area contributed by atoms with Crippen molar-refractivity contribution in [1.82, 2.24) is 0 Å². The van der Waals surface area contributed by atoms with Gasteiger partial charge in [-0.1, -0.05) is 66.7 Å². The quantitative estimate of drug-likeness (QED) is 0.419. The molecule has 0 spiro atoms. The summed E-state index contributed by atoms with van der Waals surface area (Å²) in [5.41, 5.74) is 0.146. The van der Waals surface area contributed by atoms with Gasteiger partial charge < -0.3 is 9.29 Å². The molecule has 4 aromatic carbocycles. The van der Waals surface area contributed by atoms with E-state index < -0.39 is 16.3 Å². The van der Waals surface area contributed by atoms with Gasteiger partial charge in [-0.15, -0.1) is 0 Å². The lowest BCUT2D eigenvalue weighted by molar-refractivity contribution is 0.0754. The van der Waals surface area contributed by atoms with Crippen LogP contribution in [0.5, 0.6) is 5.75 Å². The van der Waals surface area contributed by atoms with Crippen LogP contribution in [0.4, 0.5) is 0 Å². The van der Waals surface area contributed by atoms with E-state index in [-0.39, 0.29) is 11.3 Å². The number of phenols is 1. The Kier molecular flexibility index (Phi) is 5.36. The Bertz CT molecular complexity index is 1000. The molecule has 0 aliphatic heterocycles. The van der Waals surface area contributed by atoms with Gasteiger partial charge in [-0.3, -0.25) is 0 Å². The van der Waals surface area contributed by atoms with Crippen molar-refractivity contribution in [3.8, 4) is 5.75 Å². The molecule has 0 fully saturated rings. The number of rotatable bonds is 5. The Hall–Kier alpha value is -3.50. The minimum absolute atomic E-state index is 0.0972. The molecular formula is C25H20O3S. The molecule has 0 saturated carbocycles. The van der Waals surface area contributed by atoms with Crippen molar-refractivity contribution in [2.45, 2.75) is 14.7 Å². The van der Waals surface area contributed by atoms with E-state index in [1.165, 1.54) is 6.07 Å². The Morgan fingerprint density at radius 3 is 1.38 bits per heavy atom. The van der Waals surface area contributed by atoms with E-state index in [0.717, 1.165) is 14.7 Å². The second-order valence-electron chi connectivity index (χ2n) is 6.38. The summed E-state index contributed by atoms with van der Waals surface area (Å²) in [7, 11) is -2.36. The summed E-state index contributed by atoms with van der Waals surface area (Å²) in [6.45, 7) is 0. The molecule has 1 N–H and O–H groups in total. The second-order valence-corrected chi connectivity index (χ2v) is 9.08. The lowest BCUT2D eigenvalue weighted by atomic mass is 10.2. The van der Waals surface area contributed by atoms with Crippen molar-refractivity contribution in [2.75, 3.05) is 0 Å². The first-order valence-corrected chi connectivity index (χ1v) is 10.8. The summed E-state index contributed by atoms with van der Waals surface area (Å²) >= 11 is 0. The molecule has 0 unspecified atom stereocenters. The molecule has 144 valence electrons. The van der Waals surface area contributed by atoms with Crippen molar-refractivity contribution < 1.29 is 14.1 Å². The molecule has 0 heterocycles. The van der Waals surface area contributed by atoms with Crippen LogP contribution >= 0.6 is 10.3 Å². The smallest absolute Gasteiger partial charge is 0.353 e. The van der Waals surface area contributed by atoms with Gasteiger partial charge in [0.2, 0.25) is 0 Å². The molecule has 0 amide bonds. The third-order valence-corrected chi connectivity index (χ3v) is 7.76. The summed E-state index contributed by atoms with van der Waals surface area (Å²) in [5, 5.41) is 10.2. The Morgan fingerprint density at radius 1 is 0.586 bits per heavy atom. The molecule has 0 bridgehead atoms. The normalized spacial score (nSPS) is 11.6. The van der Waals surface area contributed by atoms with Crippen LogP contribution in [0, 0.1) is 0 Å². The van der Waals surface area contributed by atoms with Gasteiger partial charge in [-0.05, 0) is 58.8 Å². The molecule has 0 aromatic heterocycles. The molecule has 0 saturated heterocycles. The van der Waals surface area contributed by atoms with E-state index in [4.69, 9.17) is 4.18 Å². The number of carbonyl (C=O) groups excluding carboxylic acids is 1. The zero-order chi connectivity index (χ0) is 20.1. The van der Waals surface area contributed by atoms with Crippen molar-refractivity contribution in [2.24, 2.45) is 0 Å². The van der Waals surface area contributed by atoms with Crippen molar-refractivity contribution in [3.05, 3.63) is 121 Å². The van der Waals surface area contributed by atoms with Crippen LogP contribution in [0.2, 0.25) is 0 Å². The summed E-state index contributed by atoms with van der Waals surface area (Å²) < 4.78 is 6.35. The molecule has 0 radical (unpaired) electrons. The maximum Gasteiger partial charge on any atom is 0.353 e. The van der Waals surface area contributed by atoms with Crippen molar-refractivity contribution in [3.63, 3.8) is 0 Å². The zero-order valence-electron chi connectivity index (χ0n) is 15.6. The van der Waals surface area contributed by atoms with Gasteiger partial charge in [0.15, 0.2) is 0 Å². The lowest BCUT2D eigenvalue weighted by Gasteiger charge is -2.39. The average molecular weight is 400 g/mol. The first-order valence-electron chi connectivity index (χ1n) is 9.22. The SMILES string of the molecule is O=C(OS(c1ccccc1)(c1ccccc1)c1ccccc1)c1ccccc1O. The lowest BCUT2D eigenvalue weighted by Crippen LogP contribution is -2.14. The molecule has 0 aliphatic carbocycles. The van der Waals surface area contributed by atoms with Crippen LogP contribution in [0.1, 0.15) is 10.4 Å². The first-order chi connectivity index (χ1) is 14.2. The monoisotopic (exact) mass is 400 g/mol. The predicted octanol–water partition coefficient (Wildman–Crippen LogP) is 6.45. The Morgan fingerprint density at radius 2 is 0.966 bits per heavy atom. The van der Waals surface area contributed by atoms with E-state index in [1.54, 1.807) is 18.2 Å². The van der Waals surface area contributed by atoms with Crippen LogP contribution < -0.4 is 0 Å². The van der Waals surface area contributed by atoms with E-state index in [2.05, 4.69) is 0 Å². The molecule has 4 heteroatoms. The summed E-state index contributed by atoms with van der Waals surface area (Å²) in [5.74, 6) is -0.658. The van der Waals surface area contributed by atoms with E-state index >= 15 is 0 Å². The zero-order valence-corrected chi connectivity index (χ0v) is 16.5. The standard InChI is InChI=1S/C25H20O3S/c26-24-19-11-10-18-23(24)25(27)28-29(20-12-4-1-5-13-20,21-14-6-2-7-15-21)22-16-8-3-9-17-22/h1-19,26H. The Labute approximate surface area is 171 Å². The van der Waals surface area contributed by atoms with Crippen molar-refractivity contribution in [1.29, 1.82) is 0 Å². The van der Waals surface area contributed by atoms with Gasteiger partial charge in [0.25, 0.3) is 0 Å². The topological polar surface area (TPSA) is 46.5 Å². The molecular weight excluding hydrogens is 380 g/mol. The number of phenolic OH excluding ortho intramolecular Hbond substituents is 1. The summed E-state index contributed by atoms with van der Waals surface area (Å²) in [4.78, 5) is 16.0. The fourth-order valence-electron chi connectivity index (χ4n) is 3.19. The third kappa shape index (κ3) is 3.62. The van der Waals surface area contributed by atoms with E-state index in [9.17, 15) is 9.90 Å². The number of aromatic hydroxyl groups is 1. The first kappa shape index (κ1) is 18.8. The fraction of sp³-hybridized carbons (Fsp3) is 0. The minimum Gasteiger partial charge on any atom is -0.507 e. The molecule has 0 aliphatic rings. The number of hydrogen-bond acceptors (Lipinski definition) is 3. The van der Waals surface area contributed by atoms with Gasteiger partial charge in [0, 0.05) is 14.7 Å². The maximum atomic E-state index is 13.2. The number of benzene rings is 4. The van der Waals surface area contributed by atoms with Crippen LogP contribution in [-0.4, -0.2) is 11.1 Å². The minimum atomic E-state index is -2.36. The van der Waals surface area contributed by atoms with E-state index in [0.29, 0.717) is 0 Å². The molecule has 4 rings (SSSR count). The average Bonchev–Trinajstić information content (AvgIpc) is 2.79. The van der Waals surface area contributed by atoms with Crippen molar-refractivity contribution >= 4 is 16.3 Å². The predicted molar refractivity (Wildman–Crippen MR) is 115 cm³/mol.